The third kappa shape index (κ3) is 5.83. The molecule has 35 heavy (non-hydrogen) atoms. The lowest BCUT2D eigenvalue weighted by molar-refractivity contribution is -0.114. The summed E-state index contributed by atoms with van der Waals surface area (Å²) in [5.41, 5.74) is 3.46. The van der Waals surface area contributed by atoms with Crippen LogP contribution in [0.5, 0.6) is 0 Å². The lowest BCUT2D eigenvalue weighted by atomic mass is 10.2. The van der Waals surface area contributed by atoms with Gasteiger partial charge in [-0.15, -0.1) is 10.2 Å². The molecule has 2 fully saturated rings. The number of ether oxygens (including phenoxy) is 1. The quantitative estimate of drug-likeness (QED) is 0.463. The van der Waals surface area contributed by atoms with Crippen LogP contribution < -0.4 is 15.5 Å². The Morgan fingerprint density at radius 2 is 1.77 bits per heavy atom. The molecule has 3 aromatic rings. The lowest BCUT2D eigenvalue weighted by Gasteiger charge is -2.28. The van der Waals surface area contributed by atoms with Crippen molar-refractivity contribution in [3.05, 3.63) is 54.4 Å². The molecule has 182 valence electrons. The van der Waals surface area contributed by atoms with E-state index in [4.69, 9.17) is 4.74 Å². The molecule has 2 aromatic carbocycles. The number of benzene rings is 2. The van der Waals surface area contributed by atoms with Gasteiger partial charge in [0.1, 0.15) is 5.82 Å². The molecule has 0 bridgehead atoms. The van der Waals surface area contributed by atoms with E-state index in [0.29, 0.717) is 16.8 Å². The van der Waals surface area contributed by atoms with Crippen molar-refractivity contribution in [2.24, 2.45) is 0 Å². The Bertz CT molecular complexity index is 1200. The summed E-state index contributed by atoms with van der Waals surface area (Å²) < 4.78 is 7.41. The van der Waals surface area contributed by atoms with E-state index in [1.807, 2.05) is 53.1 Å². The average Bonchev–Trinajstić information content (AvgIpc) is 3.62. The minimum absolute atomic E-state index is 0.108. The van der Waals surface area contributed by atoms with Crippen molar-refractivity contribution in [2.75, 3.05) is 47.6 Å². The summed E-state index contributed by atoms with van der Waals surface area (Å²) in [6, 6.07) is 15.5. The van der Waals surface area contributed by atoms with E-state index in [0.717, 1.165) is 62.0 Å². The molecule has 5 rings (SSSR count). The first-order chi connectivity index (χ1) is 17.1. The summed E-state index contributed by atoms with van der Waals surface area (Å²) in [7, 11) is 0. The van der Waals surface area contributed by atoms with Gasteiger partial charge in [0.2, 0.25) is 11.8 Å². The number of morpholine rings is 1. The minimum atomic E-state index is -0.127. The molecule has 2 amide bonds. The van der Waals surface area contributed by atoms with E-state index < -0.39 is 0 Å². The maximum Gasteiger partial charge on any atom is 0.234 e. The Kier molecular flexibility index (Phi) is 7.01. The maximum atomic E-state index is 12.7. The lowest BCUT2D eigenvalue weighted by Crippen LogP contribution is -2.36. The van der Waals surface area contributed by atoms with Crippen LogP contribution in [0.25, 0.3) is 5.69 Å². The van der Waals surface area contributed by atoms with E-state index in [2.05, 4.69) is 25.7 Å². The highest BCUT2D eigenvalue weighted by Gasteiger charge is 2.31. The second-order valence-corrected chi connectivity index (χ2v) is 9.61. The number of hydrogen-bond donors (Lipinski definition) is 2. The number of aromatic nitrogens is 3. The molecular formula is C25H28N6O3S. The minimum Gasteiger partial charge on any atom is -0.378 e. The van der Waals surface area contributed by atoms with E-state index in [-0.39, 0.29) is 17.6 Å². The van der Waals surface area contributed by atoms with Crippen LogP contribution in [-0.2, 0) is 14.3 Å². The van der Waals surface area contributed by atoms with Crippen molar-refractivity contribution < 1.29 is 14.3 Å². The van der Waals surface area contributed by atoms with E-state index >= 15 is 0 Å². The summed E-state index contributed by atoms with van der Waals surface area (Å²) in [6.45, 7) is 4.71. The Morgan fingerprint density at radius 3 is 2.49 bits per heavy atom. The van der Waals surface area contributed by atoms with E-state index in [1.54, 1.807) is 0 Å². The molecule has 1 aliphatic heterocycles. The standard InChI is InChI=1S/C25H28N6O3S/c1-17(32)26-20-3-2-4-22(15-20)31-24(18-5-6-18)28-29-25(31)35-16-23(33)27-19-7-9-21(10-8-19)30-11-13-34-14-12-30/h2-4,7-10,15,18H,5-6,11-14,16H2,1H3,(H,26,32)(H,27,33). The predicted molar refractivity (Wildman–Crippen MR) is 136 cm³/mol. The fourth-order valence-corrected chi connectivity index (χ4v) is 4.81. The number of rotatable bonds is 8. The number of nitrogens with zero attached hydrogens (tertiary/aromatic N) is 4. The van der Waals surface area contributed by atoms with Crippen molar-refractivity contribution in [2.45, 2.75) is 30.8 Å². The fourth-order valence-electron chi connectivity index (χ4n) is 4.05. The summed E-state index contributed by atoms with van der Waals surface area (Å²) in [4.78, 5) is 26.4. The van der Waals surface area contributed by atoms with Gasteiger partial charge in [0.25, 0.3) is 0 Å². The summed E-state index contributed by atoms with van der Waals surface area (Å²) in [6.07, 6.45) is 2.16. The molecule has 1 aliphatic carbocycles. The van der Waals surface area contributed by atoms with Gasteiger partial charge < -0.3 is 20.3 Å². The van der Waals surface area contributed by atoms with Crippen molar-refractivity contribution >= 4 is 40.6 Å². The third-order valence-electron chi connectivity index (χ3n) is 5.89. The second kappa shape index (κ2) is 10.5. The van der Waals surface area contributed by atoms with Crippen LogP contribution in [0.2, 0.25) is 0 Å². The topological polar surface area (TPSA) is 101 Å². The fraction of sp³-hybridized carbons (Fsp3) is 0.360. The SMILES string of the molecule is CC(=O)Nc1cccc(-n2c(SCC(=O)Nc3ccc(N4CCOCC4)cc3)nnc2C2CC2)c1. The van der Waals surface area contributed by atoms with Gasteiger partial charge in [-0.2, -0.15) is 0 Å². The Hall–Kier alpha value is -3.37. The number of carbonyl (C=O) groups excluding carboxylic acids is 2. The van der Waals surface area contributed by atoms with Gasteiger partial charge in [-0.25, -0.2) is 0 Å². The summed E-state index contributed by atoms with van der Waals surface area (Å²) in [5.74, 6) is 1.24. The number of hydrogen-bond acceptors (Lipinski definition) is 7. The Balaban J connectivity index is 1.25. The molecule has 2 aliphatic rings. The van der Waals surface area contributed by atoms with Gasteiger partial charge >= 0.3 is 0 Å². The number of thioether (sulfide) groups is 1. The highest BCUT2D eigenvalue weighted by atomic mass is 32.2. The van der Waals surface area contributed by atoms with Crippen LogP contribution in [0, 0.1) is 0 Å². The zero-order valence-corrected chi connectivity index (χ0v) is 20.4. The molecule has 1 aromatic heterocycles. The van der Waals surface area contributed by atoms with Crippen molar-refractivity contribution in [3.8, 4) is 5.69 Å². The molecule has 1 saturated heterocycles. The zero-order chi connectivity index (χ0) is 24.2. The van der Waals surface area contributed by atoms with Gasteiger partial charge in [0.15, 0.2) is 5.16 Å². The van der Waals surface area contributed by atoms with Gasteiger partial charge in [0, 0.05) is 43.0 Å². The van der Waals surface area contributed by atoms with E-state index in [9.17, 15) is 9.59 Å². The molecule has 10 heteroatoms. The monoisotopic (exact) mass is 492 g/mol. The third-order valence-corrected chi connectivity index (χ3v) is 6.81. The highest BCUT2D eigenvalue weighted by molar-refractivity contribution is 7.99. The maximum absolute atomic E-state index is 12.7. The van der Waals surface area contributed by atoms with Crippen LogP contribution in [-0.4, -0.2) is 58.6 Å². The van der Waals surface area contributed by atoms with Crippen LogP contribution in [0.4, 0.5) is 17.1 Å². The summed E-state index contributed by atoms with van der Waals surface area (Å²) >= 11 is 1.35. The first-order valence-electron chi connectivity index (χ1n) is 11.8. The number of anilines is 3. The van der Waals surface area contributed by atoms with Crippen LogP contribution in [0.1, 0.15) is 31.5 Å². The second-order valence-electron chi connectivity index (χ2n) is 8.67. The molecular weight excluding hydrogens is 464 g/mol. The molecule has 0 radical (unpaired) electrons. The Labute approximate surface area is 208 Å². The normalized spacial score (nSPS) is 15.6. The zero-order valence-electron chi connectivity index (χ0n) is 19.6. The molecule has 1 saturated carbocycles. The Morgan fingerprint density at radius 1 is 1.00 bits per heavy atom. The van der Waals surface area contributed by atoms with E-state index in [1.165, 1.54) is 18.7 Å². The smallest absolute Gasteiger partial charge is 0.234 e. The van der Waals surface area contributed by atoms with Gasteiger partial charge in [-0.1, -0.05) is 17.8 Å². The van der Waals surface area contributed by atoms with Crippen LogP contribution >= 0.6 is 11.8 Å². The van der Waals surface area contributed by atoms with Crippen molar-refractivity contribution in [1.29, 1.82) is 0 Å². The molecule has 2 N–H and O–H groups in total. The number of carbonyl (C=O) groups is 2. The molecule has 0 spiro atoms. The average molecular weight is 493 g/mol. The van der Waals surface area contributed by atoms with Crippen LogP contribution in [0.15, 0.2) is 53.7 Å². The first kappa shape index (κ1) is 23.4. The van der Waals surface area contributed by atoms with Gasteiger partial charge in [0.05, 0.1) is 24.7 Å². The number of nitrogens with one attached hydrogen (secondary N) is 2. The molecule has 9 nitrogen and oxygen atoms in total. The van der Waals surface area contributed by atoms with Gasteiger partial charge in [-0.3, -0.25) is 14.2 Å². The molecule has 0 atom stereocenters. The largest absolute Gasteiger partial charge is 0.378 e. The highest BCUT2D eigenvalue weighted by Crippen LogP contribution is 2.41. The number of amides is 2. The predicted octanol–water partition coefficient (Wildman–Crippen LogP) is 3.67. The van der Waals surface area contributed by atoms with Crippen LogP contribution in [0.3, 0.4) is 0 Å². The summed E-state index contributed by atoms with van der Waals surface area (Å²) in [5, 5.41) is 15.2. The van der Waals surface area contributed by atoms with Crippen molar-refractivity contribution in [1.82, 2.24) is 14.8 Å². The molecule has 2 heterocycles. The van der Waals surface area contributed by atoms with Gasteiger partial charge in [-0.05, 0) is 55.3 Å². The van der Waals surface area contributed by atoms with Crippen molar-refractivity contribution in [3.63, 3.8) is 0 Å². The molecule has 0 unspecified atom stereocenters. The first-order valence-corrected chi connectivity index (χ1v) is 12.7.